The number of amides is 1. The van der Waals surface area contributed by atoms with Crippen LogP contribution in [0.4, 0.5) is 4.39 Å². The Morgan fingerprint density at radius 3 is 2.54 bits per heavy atom. The number of rotatable bonds is 12. The number of aryl methyl sites for hydroxylation is 3. The van der Waals surface area contributed by atoms with Crippen LogP contribution in [0.2, 0.25) is 0 Å². The van der Waals surface area contributed by atoms with Crippen molar-refractivity contribution in [1.29, 1.82) is 0 Å². The fraction of sp³-hybridized carbons (Fsp3) is 0.310. The number of halogens is 1. The first kappa shape index (κ1) is 24.5. The molecule has 3 aromatic carbocycles. The summed E-state index contributed by atoms with van der Waals surface area (Å²) in [6.45, 7) is 4.17. The van der Waals surface area contributed by atoms with E-state index in [0.29, 0.717) is 18.7 Å². The molecule has 1 aromatic heterocycles. The van der Waals surface area contributed by atoms with E-state index in [-0.39, 0.29) is 11.7 Å². The Balaban J connectivity index is 1.24. The minimum Gasteiger partial charge on any atom is -0.493 e. The molecule has 6 heteroatoms. The third-order valence-electron chi connectivity index (χ3n) is 6.08. The van der Waals surface area contributed by atoms with Crippen molar-refractivity contribution in [3.05, 3.63) is 95.6 Å². The Morgan fingerprint density at radius 1 is 0.943 bits per heavy atom. The van der Waals surface area contributed by atoms with Gasteiger partial charge >= 0.3 is 0 Å². The summed E-state index contributed by atoms with van der Waals surface area (Å²) < 4.78 is 21.3. The number of nitrogens with one attached hydrogen (secondary N) is 1. The predicted molar refractivity (Wildman–Crippen MR) is 137 cm³/mol. The van der Waals surface area contributed by atoms with Crippen LogP contribution >= 0.6 is 0 Å². The number of imidazole rings is 1. The molecule has 4 aromatic rings. The van der Waals surface area contributed by atoms with Gasteiger partial charge in [0.15, 0.2) is 0 Å². The van der Waals surface area contributed by atoms with Crippen LogP contribution in [0.1, 0.15) is 47.4 Å². The van der Waals surface area contributed by atoms with Gasteiger partial charge in [0.2, 0.25) is 0 Å². The third-order valence-corrected chi connectivity index (χ3v) is 6.08. The summed E-state index contributed by atoms with van der Waals surface area (Å²) in [5.41, 5.74) is 3.81. The number of aromatic nitrogens is 2. The second-order valence-corrected chi connectivity index (χ2v) is 8.71. The van der Waals surface area contributed by atoms with Gasteiger partial charge in [0.05, 0.1) is 17.6 Å². The lowest BCUT2D eigenvalue weighted by Gasteiger charge is -2.12. The molecule has 4 rings (SSSR count). The predicted octanol–water partition coefficient (Wildman–Crippen LogP) is 6.10. The van der Waals surface area contributed by atoms with Crippen molar-refractivity contribution < 1.29 is 13.9 Å². The van der Waals surface area contributed by atoms with E-state index >= 15 is 0 Å². The molecule has 0 spiro atoms. The summed E-state index contributed by atoms with van der Waals surface area (Å²) in [6, 6.07) is 22.0. The molecule has 5 nitrogen and oxygen atoms in total. The summed E-state index contributed by atoms with van der Waals surface area (Å²) >= 11 is 0. The van der Waals surface area contributed by atoms with Gasteiger partial charge < -0.3 is 14.6 Å². The summed E-state index contributed by atoms with van der Waals surface area (Å²) in [7, 11) is 0. The lowest BCUT2D eigenvalue weighted by molar-refractivity contribution is 0.0953. The maximum atomic E-state index is 13.0. The average Bonchev–Trinajstić information content (AvgIpc) is 3.22. The molecule has 1 amide bonds. The quantitative estimate of drug-likeness (QED) is 0.253. The molecule has 0 unspecified atom stereocenters. The van der Waals surface area contributed by atoms with Crippen LogP contribution in [0.15, 0.2) is 72.8 Å². The smallest absolute Gasteiger partial charge is 0.251 e. The zero-order chi connectivity index (χ0) is 24.5. The van der Waals surface area contributed by atoms with Crippen molar-refractivity contribution in [2.45, 2.75) is 45.6 Å². The molecule has 0 saturated carbocycles. The van der Waals surface area contributed by atoms with Crippen LogP contribution in [-0.2, 0) is 13.0 Å². The average molecular weight is 474 g/mol. The van der Waals surface area contributed by atoms with Crippen LogP contribution in [0.3, 0.4) is 0 Å². The van der Waals surface area contributed by atoms with Gasteiger partial charge in [0, 0.05) is 25.1 Å². The van der Waals surface area contributed by atoms with E-state index < -0.39 is 0 Å². The van der Waals surface area contributed by atoms with E-state index in [1.54, 1.807) is 0 Å². The molecular weight excluding hydrogens is 441 g/mol. The molecule has 0 aliphatic rings. The number of carbonyl (C=O) groups is 1. The highest BCUT2D eigenvalue weighted by Crippen LogP contribution is 2.20. The summed E-state index contributed by atoms with van der Waals surface area (Å²) in [4.78, 5) is 17.0. The van der Waals surface area contributed by atoms with Crippen molar-refractivity contribution >= 4 is 16.9 Å². The number of fused-ring (bicyclic) bond motifs is 1. The van der Waals surface area contributed by atoms with Crippen molar-refractivity contribution in [2.24, 2.45) is 0 Å². The highest BCUT2D eigenvalue weighted by atomic mass is 19.1. The highest BCUT2D eigenvalue weighted by molar-refractivity contribution is 5.94. The Hall–Kier alpha value is -3.67. The molecule has 0 aliphatic heterocycles. The molecule has 0 radical (unpaired) electrons. The van der Waals surface area contributed by atoms with Gasteiger partial charge in [0.1, 0.15) is 17.4 Å². The topological polar surface area (TPSA) is 56.1 Å². The zero-order valence-electron chi connectivity index (χ0n) is 20.2. The normalized spacial score (nSPS) is 11.0. The molecule has 0 fully saturated rings. The van der Waals surface area contributed by atoms with E-state index in [2.05, 4.69) is 41.1 Å². The number of hydrogen-bond donors (Lipinski definition) is 1. The van der Waals surface area contributed by atoms with Crippen LogP contribution < -0.4 is 10.1 Å². The van der Waals surface area contributed by atoms with Gasteiger partial charge in [-0.2, -0.15) is 0 Å². The minimum absolute atomic E-state index is 0.167. The molecule has 0 aliphatic carbocycles. The number of para-hydroxylation sites is 3. The molecule has 0 saturated heterocycles. The van der Waals surface area contributed by atoms with E-state index in [1.807, 2.05) is 24.3 Å². The Bertz CT molecular complexity index is 1250. The van der Waals surface area contributed by atoms with Gasteiger partial charge in [-0.3, -0.25) is 4.79 Å². The summed E-state index contributed by atoms with van der Waals surface area (Å²) in [5, 5.41) is 2.91. The maximum Gasteiger partial charge on any atom is 0.251 e. The number of nitrogens with zero attached hydrogens (tertiary/aromatic N) is 2. The molecule has 35 heavy (non-hydrogen) atoms. The minimum atomic E-state index is -0.341. The first-order chi connectivity index (χ1) is 17.1. The highest BCUT2D eigenvalue weighted by Gasteiger charge is 2.11. The molecule has 1 N–H and O–H groups in total. The van der Waals surface area contributed by atoms with E-state index in [9.17, 15) is 9.18 Å². The lowest BCUT2D eigenvalue weighted by Crippen LogP contribution is -2.24. The van der Waals surface area contributed by atoms with Crippen molar-refractivity contribution in [3.63, 3.8) is 0 Å². The lowest BCUT2D eigenvalue weighted by atomic mass is 10.1. The van der Waals surface area contributed by atoms with Gasteiger partial charge in [-0.15, -0.1) is 0 Å². The molecule has 0 bridgehead atoms. The molecule has 1 heterocycles. The van der Waals surface area contributed by atoms with Crippen molar-refractivity contribution in [3.8, 4) is 5.75 Å². The first-order valence-corrected chi connectivity index (χ1v) is 12.3. The molecular formula is C29H32FN3O2. The van der Waals surface area contributed by atoms with Crippen molar-refractivity contribution in [1.82, 2.24) is 14.9 Å². The first-order valence-electron chi connectivity index (χ1n) is 12.3. The fourth-order valence-electron chi connectivity index (χ4n) is 4.18. The van der Waals surface area contributed by atoms with Crippen LogP contribution in [-0.4, -0.2) is 28.6 Å². The van der Waals surface area contributed by atoms with Gasteiger partial charge in [-0.1, -0.05) is 36.8 Å². The zero-order valence-corrected chi connectivity index (χ0v) is 20.2. The standard InChI is InChI=1S/C29H32FN3O2/c1-22-10-4-7-13-27(22)35-21-9-20-33-26-12-6-5-11-25(26)32-28(33)14-3-2-8-19-31-29(34)23-15-17-24(30)18-16-23/h4-7,10-13,15-18H,2-3,8-9,14,19-21H2,1H3,(H,31,34). The van der Waals surface area contributed by atoms with Crippen LogP contribution in [0.5, 0.6) is 5.75 Å². The number of ether oxygens (including phenoxy) is 1. The van der Waals surface area contributed by atoms with Gasteiger partial charge in [-0.25, -0.2) is 9.37 Å². The van der Waals surface area contributed by atoms with Crippen molar-refractivity contribution in [2.75, 3.05) is 13.2 Å². The Labute approximate surface area is 206 Å². The maximum absolute atomic E-state index is 13.0. The number of benzene rings is 3. The summed E-state index contributed by atoms with van der Waals surface area (Å²) in [5.74, 6) is 1.53. The number of unbranched alkanes of at least 4 members (excludes halogenated alkanes) is 2. The SMILES string of the molecule is Cc1ccccc1OCCCn1c(CCCCCNC(=O)c2ccc(F)cc2)nc2ccccc21. The second kappa shape index (κ2) is 12.2. The number of hydrogen-bond acceptors (Lipinski definition) is 3. The number of carbonyl (C=O) groups excluding carboxylic acids is 1. The largest absolute Gasteiger partial charge is 0.493 e. The van der Waals surface area contributed by atoms with Gasteiger partial charge in [0.25, 0.3) is 5.91 Å². The van der Waals surface area contributed by atoms with Gasteiger partial charge in [-0.05, 0) is 74.2 Å². The van der Waals surface area contributed by atoms with E-state index in [1.165, 1.54) is 24.3 Å². The van der Waals surface area contributed by atoms with Crippen LogP contribution in [0, 0.1) is 12.7 Å². The fourth-order valence-corrected chi connectivity index (χ4v) is 4.18. The van der Waals surface area contributed by atoms with Crippen LogP contribution in [0.25, 0.3) is 11.0 Å². The monoisotopic (exact) mass is 473 g/mol. The Morgan fingerprint density at radius 2 is 1.71 bits per heavy atom. The Kier molecular flexibility index (Phi) is 8.49. The summed E-state index contributed by atoms with van der Waals surface area (Å²) in [6.07, 6.45) is 4.66. The molecule has 182 valence electrons. The van der Waals surface area contributed by atoms with E-state index in [4.69, 9.17) is 9.72 Å². The molecule has 0 atom stereocenters. The third kappa shape index (κ3) is 6.69. The second-order valence-electron chi connectivity index (χ2n) is 8.71. The van der Waals surface area contributed by atoms with E-state index in [0.717, 1.165) is 66.8 Å².